The van der Waals surface area contributed by atoms with Crippen LogP contribution in [-0.2, 0) is 19.2 Å². The van der Waals surface area contributed by atoms with E-state index in [1.807, 2.05) is 6.92 Å². The number of thioether (sulfide) groups is 2. The number of aromatic nitrogens is 4. The van der Waals surface area contributed by atoms with Gasteiger partial charge in [0, 0.05) is 16.9 Å². The Bertz CT molecular complexity index is 1120. The maximum Gasteiger partial charge on any atom is 0.352 e. The van der Waals surface area contributed by atoms with Gasteiger partial charge in [0.15, 0.2) is 10.1 Å². The normalized spacial score (nSPS) is 20.6. The Morgan fingerprint density at radius 2 is 2.22 bits per heavy atom. The highest BCUT2D eigenvalue weighted by Crippen LogP contribution is 2.41. The highest BCUT2D eigenvalue weighted by molar-refractivity contribution is 8.01. The Kier molecular flexibility index (Phi) is 6.73. The molecule has 0 saturated carbocycles. The molecule has 2 atom stereocenters. The molecular weight excluding hydrogens is 498 g/mol. The maximum absolute atomic E-state index is 12.8. The molecule has 1 fully saturated rings. The molecule has 0 bridgehead atoms. The summed E-state index contributed by atoms with van der Waals surface area (Å²) in [6.07, 6.45) is 0. The first kappa shape index (κ1) is 22.6. The molecule has 2 aliphatic heterocycles. The maximum atomic E-state index is 12.8. The zero-order valence-electron chi connectivity index (χ0n) is 16.5. The van der Waals surface area contributed by atoms with Gasteiger partial charge in [0.1, 0.15) is 34.9 Å². The molecule has 0 aliphatic carbocycles. The second-order valence-electron chi connectivity index (χ2n) is 6.41. The van der Waals surface area contributed by atoms with Gasteiger partial charge in [-0.15, -0.1) is 27.1 Å². The van der Waals surface area contributed by atoms with Crippen LogP contribution in [0.3, 0.4) is 0 Å². The minimum Gasteiger partial charge on any atom is -0.477 e. The highest BCUT2D eigenvalue weighted by Gasteiger charge is 2.54. The van der Waals surface area contributed by atoms with Gasteiger partial charge in [-0.2, -0.15) is 0 Å². The van der Waals surface area contributed by atoms with Crippen LogP contribution in [0.5, 0.6) is 0 Å². The summed E-state index contributed by atoms with van der Waals surface area (Å²) in [6.45, 7) is 1.84. The van der Waals surface area contributed by atoms with Crippen LogP contribution in [0.15, 0.2) is 26.1 Å². The lowest BCUT2D eigenvalue weighted by Gasteiger charge is -2.49. The van der Waals surface area contributed by atoms with Gasteiger partial charge in [0.25, 0.3) is 11.8 Å². The van der Waals surface area contributed by atoms with Gasteiger partial charge in [-0.3, -0.25) is 14.5 Å². The quantitative estimate of drug-likeness (QED) is 0.220. The number of rotatable bonds is 8. The van der Waals surface area contributed by atoms with Gasteiger partial charge in [-0.25, -0.2) is 4.79 Å². The summed E-state index contributed by atoms with van der Waals surface area (Å²) in [6, 6.07) is -0.893. The number of β-lactam (4-membered cyclic amide) rings is 1. The molecule has 168 valence electrons. The molecule has 0 spiro atoms. The standard InChI is InChI=1S/C16H15N7O5S4/c1-6-18-20-16(32-6)30-4-7-3-29-14-10(13(25)23(14)11(7)15(26)27)17-12(24)9(21-28-2)8-5-31-22-19-8/h5,10,14H,3-4H2,1-2H3,(H,17,24)(H,26,27)/t10?,14-/m1/s1. The Morgan fingerprint density at radius 1 is 1.41 bits per heavy atom. The van der Waals surface area contributed by atoms with Gasteiger partial charge in [0.05, 0.1) is 0 Å². The molecule has 2 aromatic rings. The average molecular weight is 514 g/mol. The minimum absolute atomic E-state index is 0.0486. The van der Waals surface area contributed by atoms with Crippen molar-refractivity contribution in [1.29, 1.82) is 0 Å². The number of hydrogen-bond acceptors (Lipinski definition) is 13. The van der Waals surface area contributed by atoms with Crippen molar-refractivity contribution in [1.82, 2.24) is 30.0 Å². The molecule has 16 heteroatoms. The number of aliphatic carboxylic acids is 1. The smallest absolute Gasteiger partial charge is 0.352 e. The first-order valence-corrected chi connectivity index (χ1v) is 12.6. The van der Waals surface area contributed by atoms with Crippen molar-refractivity contribution < 1.29 is 24.3 Å². The number of carboxylic acid groups (broad SMARTS) is 1. The predicted octanol–water partition coefficient (Wildman–Crippen LogP) is 0.579. The second-order valence-corrected chi connectivity index (χ2v) is 10.5. The van der Waals surface area contributed by atoms with Crippen LogP contribution in [-0.4, -0.2) is 83.3 Å². The summed E-state index contributed by atoms with van der Waals surface area (Å²) in [5.41, 5.74) is 0.663. The van der Waals surface area contributed by atoms with Crippen molar-refractivity contribution >= 4 is 69.9 Å². The summed E-state index contributed by atoms with van der Waals surface area (Å²) in [7, 11) is 1.28. The Labute approximate surface area is 197 Å². The molecule has 2 N–H and O–H groups in total. The van der Waals surface area contributed by atoms with E-state index in [-0.39, 0.29) is 17.1 Å². The van der Waals surface area contributed by atoms with E-state index >= 15 is 0 Å². The summed E-state index contributed by atoms with van der Waals surface area (Å²) >= 11 is 5.22. The lowest BCUT2D eigenvalue weighted by Crippen LogP contribution is -2.71. The largest absolute Gasteiger partial charge is 0.477 e. The number of amides is 2. The number of nitrogens with one attached hydrogen (secondary N) is 1. The summed E-state index contributed by atoms with van der Waals surface area (Å²) in [4.78, 5) is 43.4. The van der Waals surface area contributed by atoms with Crippen molar-refractivity contribution in [3.05, 3.63) is 27.4 Å². The molecule has 32 heavy (non-hydrogen) atoms. The average Bonchev–Trinajstić information content (AvgIpc) is 3.45. The van der Waals surface area contributed by atoms with Crippen molar-refractivity contribution in [3.63, 3.8) is 0 Å². The van der Waals surface area contributed by atoms with E-state index in [1.54, 1.807) is 0 Å². The Hall–Kier alpha value is -2.56. The van der Waals surface area contributed by atoms with Crippen molar-refractivity contribution in [2.45, 2.75) is 22.7 Å². The number of oxime groups is 1. The fourth-order valence-corrected chi connectivity index (χ4v) is 6.79. The first-order chi connectivity index (χ1) is 15.4. The van der Waals surface area contributed by atoms with Gasteiger partial charge in [-0.1, -0.05) is 32.7 Å². The van der Waals surface area contributed by atoms with Crippen molar-refractivity contribution in [3.8, 4) is 0 Å². The number of nitrogens with zero attached hydrogens (tertiary/aromatic N) is 6. The number of hydrogen-bond donors (Lipinski definition) is 2. The third-order valence-electron chi connectivity index (χ3n) is 4.41. The summed E-state index contributed by atoms with van der Waals surface area (Å²) in [5.74, 6) is -1.57. The lowest BCUT2D eigenvalue weighted by molar-refractivity contribution is -0.150. The molecular formula is C16H15N7O5S4. The third-order valence-corrected chi connectivity index (χ3v) is 8.32. The van der Waals surface area contributed by atoms with Gasteiger partial charge in [0.2, 0.25) is 0 Å². The second kappa shape index (κ2) is 9.51. The topological polar surface area (TPSA) is 160 Å². The minimum atomic E-state index is -1.19. The van der Waals surface area contributed by atoms with E-state index in [1.165, 1.54) is 52.3 Å². The number of carbonyl (C=O) groups excluding carboxylic acids is 2. The lowest BCUT2D eigenvalue weighted by atomic mass is 10.0. The van der Waals surface area contributed by atoms with E-state index in [0.29, 0.717) is 17.1 Å². The van der Waals surface area contributed by atoms with E-state index in [0.717, 1.165) is 20.9 Å². The van der Waals surface area contributed by atoms with Crippen LogP contribution in [0, 0.1) is 6.92 Å². The van der Waals surface area contributed by atoms with Gasteiger partial charge >= 0.3 is 5.97 Å². The van der Waals surface area contributed by atoms with Crippen LogP contribution in [0.4, 0.5) is 0 Å². The van der Waals surface area contributed by atoms with Crippen LogP contribution in [0.1, 0.15) is 10.7 Å². The first-order valence-electron chi connectivity index (χ1n) is 8.93. The van der Waals surface area contributed by atoms with Crippen LogP contribution < -0.4 is 5.32 Å². The van der Waals surface area contributed by atoms with Crippen LogP contribution in [0.25, 0.3) is 0 Å². The van der Waals surface area contributed by atoms with Crippen molar-refractivity contribution in [2.75, 3.05) is 18.6 Å². The van der Waals surface area contributed by atoms with Crippen LogP contribution in [0.2, 0.25) is 0 Å². The fourth-order valence-electron chi connectivity index (χ4n) is 3.05. The summed E-state index contributed by atoms with van der Waals surface area (Å²) in [5, 5.41) is 29.6. The number of carboxylic acids is 1. The molecule has 1 saturated heterocycles. The molecule has 2 aliphatic rings. The van der Waals surface area contributed by atoms with E-state index < -0.39 is 29.2 Å². The van der Waals surface area contributed by atoms with Crippen molar-refractivity contribution in [2.24, 2.45) is 5.16 Å². The number of fused-ring (bicyclic) bond motifs is 1. The Balaban J connectivity index is 1.48. The molecule has 0 aromatic carbocycles. The molecule has 1 unspecified atom stereocenters. The molecule has 4 rings (SSSR count). The summed E-state index contributed by atoms with van der Waals surface area (Å²) < 4.78 is 4.42. The monoisotopic (exact) mass is 513 g/mol. The molecule has 2 aromatic heterocycles. The van der Waals surface area contributed by atoms with Gasteiger partial charge in [-0.05, 0) is 24.0 Å². The SMILES string of the molecule is CON=C(C(=O)NC1C(=O)N2C(C(=O)O)=C(CSc3nnc(C)s3)CS[C@H]12)c1csnn1. The fraction of sp³-hybridized carbons (Fsp3) is 0.375. The Morgan fingerprint density at radius 3 is 2.84 bits per heavy atom. The molecule has 2 amide bonds. The van der Waals surface area contributed by atoms with E-state index in [9.17, 15) is 19.5 Å². The van der Waals surface area contributed by atoms with E-state index in [2.05, 4.69) is 30.3 Å². The zero-order valence-corrected chi connectivity index (χ0v) is 19.8. The zero-order chi connectivity index (χ0) is 22.8. The van der Waals surface area contributed by atoms with Gasteiger partial charge < -0.3 is 15.3 Å². The molecule has 12 nitrogen and oxygen atoms in total. The highest BCUT2D eigenvalue weighted by atomic mass is 32.2. The number of carbonyl (C=O) groups is 3. The predicted molar refractivity (Wildman–Crippen MR) is 119 cm³/mol. The van der Waals surface area contributed by atoms with E-state index in [4.69, 9.17) is 4.84 Å². The third kappa shape index (κ3) is 4.35. The number of aryl methyl sites for hydroxylation is 1. The molecule has 4 heterocycles. The van der Waals surface area contributed by atoms with Crippen LogP contribution >= 0.6 is 46.4 Å². The molecule has 0 radical (unpaired) electrons.